The van der Waals surface area contributed by atoms with Gasteiger partial charge >= 0.3 is 0 Å². The van der Waals surface area contributed by atoms with E-state index in [4.69, 9.17) is 5.73 Å². The first-order chi connectivity index (χ1) is 6.61. The second-order valence-corrected chi connectivity index (χ2v) is 4.35. The molecule has 0 unspecified atom stereocenters. The first-order valence-electron chi connectivity index (χ1n) is 4.60. The highest BCUT2D eigenvalue weighted by Crippen LogP contribution is 2.24. The van der Waals surface area contributed by atoms with Crippen LogP contribution in [0.15, 0.2) is 35.1 Å². The molecule has 0 aliphatic heterocycles. The third-order valence-corrected chi connectivity index (χ3v) is 2.75. The lowest BCUT2D eigenvalue weighted by molar-refractivity contribution is 0.645. The summed E-state index contributed by atoms with van der Waals surface area (Å²) in [7, 11) is 0. The lowest BCUT2D eigenvalue weighted by Gasteiger charge is -2.13. The maximum Gasteiger partial charge on any atom is 0.0413 e. The molecule has 2 nitrogen and oxygen atoms in total. The number of rotatable bonds is 4. The van der Waals surface area contributed by atoms with Gasteiger partial charge in [-0.2, -0.15) is 0 Å². The van der Waals surface area contributed by atoms with Crippen LogP contribution in [-0.2, 0) is 0 Å². The van der Waals surface area contributed by atoms with Gasteiger partial charge in [-0.05, 0) is 47.3 Å². The molecule has 1 atom stereocenters. The zero-order chi connectivity index (χ0) is 10.6. The van der Waals surface area contributed by atoms with Crippen LogP contribution in [0, 0.1) is 0 Å². The Balaban J connectivity index is 2.65. The highest BCUT2D eigenvalue weighted by Gasteiger charge is 2.08. The third-order valence-electron chi connectivity index (χ3n) is 2.09. The zero-order valence-electron chi connectivity index (χ0n) is 8.33. The molecule has 0 aliphatic carbocycles. The maximum atomic E-state index is 6.05. The summed E-state index contributed by atoms with van der Waals surface area (Å²) >= 11 is 3.44. The van der Waals surface area contributed by atoms with Crippen molar-refractivity contribution in [3.05, 3.63) is 40.6 Å². The van der Waals surface area contributed by atoms with Crippen LogP contribution in [-0.4, -0.2) is 4.98 Å². The highest BCUT2D eigenvalue weighted by atomic mass is 79.9. The van der Waals surface area contributed by atoms with Gasteiger partial charge in [0.1, 0.15) is 0 Å². The predicted molar refractivity (Wildman–Crippen MR) is 62.9 cm³/mol. The molecule has 0 amide bonds. The average molecular weight is 255 g/mol. The molecule has 0 radical (unpaired) electrons. The van der Waals surface area contributed by atoms with Gasteiger partial charge in [-0.25, -0.2) is 0 Å². The Kier molecular flexibility index (Phi) is 4.29. The maximum absolute atomic E-state index is 6.05. The molecule has 0 saturated carbocycles. The average Bonchev–Trinajstić information content (AvgIpc) is 2.15. The van der Waals surface area contributed by atoms with E-state index >= 15 is 0 Å². The molecule has 76 valence electrons. The van der Waals surface area contributed by atoms with Gasteiger partial charge in [0, 0.05) is 22.9 Å². The van der Waals surface area contributed by atoms with Gasteiger partial charge in [0.2, 0.25) is 0 Å². The van der Waals surface area contributed by atoms with E-state index in [9.17, 15) is 0 Å². The van der Waals surface area contributed by atoms with E-state index in [1.165, 1.54) is 5.57 Å². The molecule has 0 aliphatic rings. The molecule has 0 bridgehead atoms. The summed E-state index contributed by atoms with van der Waals surface area (Å²) in [6.07, 6.45) is 5.44. The molecule has 2 N–H and O–H groups in total. The standard InChI is InChI=1S/C11H15BrN2/c1-8(2)3-4-11(13)9-5-6-14-7-10(9)12/h5-7,11H,1,3-4,13H2,2H3/t11-/m1/s1. The normalized spacial score (nSPS) is 12.5. The molecular weight excluding hydrogens is 240 g/mol. The van der Waals surface area contributed by atoms with Crippen LogP contribution in [0.2, 0.25) is 0 Å². The lowest BCUT2D eigenvalue weighted by Crippen LogP contribution is -2.11. The van der Waals surface area contributed by atoms with Crippen LogP contribution in [0.25, 0.3) is 0 Å². The summed E-state index contributed by atoms with van der Waals surface area (Å²) in [6.45, 7) is 5.89. The number of nitrogens with zero attached hydrogens (tertiary/aromatic N) is 1. The SMILES string of the molecule is C=C(C)CC[C@@H](N)c1ccncc1Br. The number of aromatic nitrogens is 1. The minimum atomic E-state index is 0.0593. The number of pyridine rings is 1. The van der Waals surface area contributed by atoms with Crippen molar-refractivity contribution in [2.24, 2.45) is 5.73 Å². The Bertz CT molecular complexity index is 323. The Morgan fingerprint density at radius 1 is 1.71 bits per heavy atom. The van der Waals surface area contributed by atoms with Gasteiger partial charge in [-0.3, -0.25) is 4.98 Å². The zero-order valence-corrected chi connectivity index (χ0v) is 9.92. The Morgan fingerprint density at radius 2 is 2.43 bits per heavy atom. The van der Waals surface area contributed by atoms with Gasteiger partial charge in [0.25, 0.3) is 0 Å². The molecule has 0 fully saturated rings. The van der Waals surface area contributed by atoms with Gasteiger partial charge in [-0.15, -0.1) is 6.58 Å². The minimum Gasteiger partial charge on any atom is -0.324 e. The van der Waals surface area contributed by atoms with E-state index in [0.717, 1.165) is 22.9 Å². The van der Waals surface area contributed by atoms with Crippen molar-refractivity contribution in [3.63, 3.8) is 0 Å². The quantitative estimate of drug-likeness (QED) is 0.839. The molecule has 3 heteroatoms. The van der Waals surface area contributed by atoms with E-state index in [0.29, 0.717) is 0 Å². The van der Waals surface area contributed by atoms with E-state index in [2.05, 4.69) is 27.5 Å². The van der Waals surface area contributed by atoms with Crippen molar-refractivity contribution in [3.8, 4) is 0 Å². The lowest BCUT2D eigenvalue weighted by atomic mass is 10.0. The number of allylic oxidation sites excluding steroid dienone is 1. The molecule has 1 rings (SSSR count). The van der Waals surface area contributed by atoms with Gasteiger partial charge in [0.15, 0.2) is 0 Å². The molecular formula is C11H15BrN2. The van der Waals surface area contributed by atoms with Crippen LogP contribution in [0.4, 0.5) is 0 Å². The van der Waals surface area contributed by atoms with Gasteiger partial charge in [0.05, 0.1) is 0 Å². The second-order valence-electron chi connectivity index (χ2n) is 3.50. The number of halogens is 1. The van der Waals surface area contributed by atoms with Crippen LogP contribution < -0.4 is 5.73 Å². The number of hydrogen-bond acceptors (Lipinski definition) is 2. The smallest absolute Gasteiger partial charge is 0.0413 e. The van der Waals surface area contributed by atoms with Crippen molar-refractivity contribution >= 4 is 15.9 Å². The highest BCUT2D eigenvalue weighted by molar-refractivity contribution is 9.10. The van der Waals surface area contributed by atoms with E-state index < -0.39 is 0 Å². The topological polar surface area (TPSA) is 38.9 Å². The second kappa shape index (κ2) is 5.27. The predicted octanol–water partition coefficient (Wildman–Crippen LogP) is 3.20. The molecule has 1 heterocycles. The van der Waals surface area contributed by atoms with Gasteiger partial charge in [-0.1, -0.05) is 5.57 Å². The fraction of sp³-hybridized carbons (Fsp3) is 0.364. The molecule has 0 saturated heterocycles. The summed E-state index contributed by atoms with van der Waals surface area (Å²) in [5.41, 5.74) is 8.33. The minimum absolute atomic E-state index is 0.0593. The summed E-state index contributed by atoms with van der Waals surface area (Å²) in [5, 5.41) is 0. The largest absolute Gasteiger partial charge is 0.324 e. The van der Waals surface area contributed by atoms with Crippen LogP contribution in [0.3, 0.4) is 0 Å². The first-order valence-corrected chi connectivity index (χ1v) is 5.40. The molecule has 0 spiro atoms. The first kappa shape index (κ1) is 11.4. The van der Waals surface area contributed by atoms with E-state index in [1.807, 2.05) is 13.0 Å². The Hall–Kier alpha value is -0.670. The fourth-order valence-electron chi connectivity index (χ4n) is 1.24. The van der Waals surface area contributed by atoms with E-state index in [1.54, 1.807) is 12.4 Å². The fourth-order valence-corrected chi connectivity index (χ4v) is 1.79. The van der Waals surface area contributed by atoms with Crippen molar-refractivity contribution in [1.82, 2.24) is 4.98 Å². The summed E-state index contributed by atoms with van der Waals surface area (Å²) < 4.78 is 0.981. The van der Waals surface area contributed by atoms with Crippen molar-refractivity contribution in [2.75, 3.05) is 0 Å². The molecule has 1 aromatic rings. The Morgan fingerprint density at radius 3 is 3.00 bits per heavy atom. The van der Waals surface area contributed by atoms with Crippen molar-refractivity contribution < 1.29 is 0 Å². The summed E-state index contributed by atoms with van der Waals surface area (Å²) in [6, 6.07) is 2.01. The number of hydrogen-bond donors (Lipinski definition) is 1. The van der Waals surface area contributed by atoms with E-state index in [-0.39, 0.29) is 6.04 Å². The van der Waals surface area contributed by atoms with Crippen LogP contribution >= 0.6 is 15.9 Å². The molecule has 14 heavy (non-hydrogen) atoms. The van der Waals surface area contributed by atoms with Crippen molar-refractivity contribution in [2.45, 2.75) is 25.8 Å². The third kappa shape index (κ3) is 3.24. The Labute approximate surface area is 93.4 Å². The van der Waals surface area contributed by atoms with Crippen molar-refractivity contribution in [1.29, 1.82) is 0 Å². The van der Waals surface area contributed by atoms with Gasteiger partial charge < -0.3 is 5.73 Å². The molecule has 1 aromatic heterocycles. The molecule has 0 aromatic carbocycles. The van der Waals surface area contributed by atoms with Crippen LogP contribution in [0.1, 0.15) is 31.4 Å². The summed E-state index contributed by atoms with van der Waals surface area (Å²) in [5.74, 6) is 0. The summed E-state index contributed by atoms with van der Waals surface area (Å²) in [4.78, 5) is 4.00. The van der Waals surface area contributed by atoms with Crippen LogP contribution in [0.5, 0.6) is 0 Å². The number of nitrogens with two attached hydrogens (primary N) is 1. The monoisotopic (exact) mass is 254 g/mol.